The third-order valence-corrected chi connectivity index (χ3v) is 5.90. The lowest BCUT2D eigenvalue weighted by Crippen LogP contribution is -2.24. The van der Waals surface area contributed by atoms with Gasteiger partial charge in [-0.2, -0.15) is 0 Å². The first-order chi connectivity index (χ1) is 12.8. The minimum Gasteiger partial charge on any atom is -0.372 e. The van der Waals surface area contributed by atoms with Gasteiger partial charge in [0.05, 0.1) is 4.90 Å². The van der Waals surface area contributed by atoms with Crippen LogP contribution < -0.4 is 14.9 Å². The highest BCUT2D eigenvalue weighted by Gasteiger charge is 2.17. The normalized spacial score (nSPS) is 11.3. The first-order valence-electron chi connectivity index (χ1n) is 9.09. The summed E-state index contributed by atoms with van der Waals surface area (Å²) in [6.45, 7) is 9.79. The molecule has 0 spiro atoms. The summed E-state index contributed by atoms with van der Waals surface area (Å²) in [5.74, 6) is -0.336. The second kappa shape index (κ2) is 9.01. The number of amides is 1. The van der Waals surface area contributed by atoms with Gasteiger partial charge in [0.2, 0.25) is 10.0 Å². The average molecular weight is 390 g/mol. The fourth-order valence-corrected chi connectivity index (χ4v) is 3.90. The Balaban J connectivity index is 2.23. The van der Waals surface area contributed by atoms with E-state index in [1.165, 1.54) is 12.1 Å². The van der Waals surface area contributed by atoms with Crippen LogP contribution in [0.4, 0.5) is 11.4 Å². The van der Waals surface area contributed by atoms with E-state index in [-0.39, 0.29) is 17.3 Å². The molecule has 0 unspecified atom stereocenters. The molecular weight excluding hydrogens is 362 g/mol. The van der Waals surface area contributed by atoms with Crippen molar-refractivity contribution in [2.75, 3.05) is 29.9 Å². The molecule has 2 N–H and O–H groups in total. The van der Waals surface area contributed by atoms with Gasteiger partial charge < -0.3 is 10.2 Å². The Morgan fingerprint density at radius 2 is 1.63 bits per heavy atom. The lowest BCUT2D eigenvalue weighted by molar-refractivity contribution is 0.102. The van der Waals surface area contributed by atoms with E-state index in [2.05, 4.69) is 28.8 Å². The van der Waals surface area contributed by atoms with Crippen molar-refractivity contribution in [1.82, 2.24) is 4.72 Å². The molecule has 0 fully saturated rings. The Labute approximate surface area is 161 Å². The van der Waals surface area contributed by atoms with E-state index < -0.39 is 10.0 Å². The number of hydrogen-bond acceptors (Lipinski definition) is 4. The van der Waals surface area contributed by atoms with Crippen LogP contribution in [0.3, 0.4) is 0 Å². The summed E-state index contributed by atoms with van der Waals surface area (Å²) in [6, 6.07) is 12.2. The van der Waals surface area contributed by atoms with Crippen LogP contribution in [0.1, 0.15) is 36.7 Å². The quantitative estimate of drug-likeness (QED) is 0.725. The highest BCUT2D eigenvalue weighted by atomic mass is 32.2. The number of carbonyl (C=O) groups is 1. The van der Waals surface area contributed by atoms with Gasteiger partial charge in [0.1, 0.15) is 0 Å². The number of anilines is 2. The Morgan fingerprint density at radius 1 is 1.00 bits per heavy atom. The zero-order valence-electron chi connectivity index (χ0n) is 16.2. The number of aryl methyl sites for hydroxylation is 1. The van der Waals surface area contributed by atoms with Gasteiger partial charge in [0.15, 0.2) is 0 Å². The third-order valence-electron chi connectivity index (χ3n) is 4.35. The van der Waals surface area contributed by atoms with Crippen molar-refractivity contribution in [2.45, 2.75) is 32.6 Å². The van der Waals surface area contributed by atoms with Gasteiger partial charge in [0.25, 0.3) is 5.91 Å². The second-order valence-corrected chi connectivity index (χ2v) is 7.92. The van der Waals surface area contributed by atoms with Crippen LogP contribution in [0.15, 0.2) is 47.4 Å². The molecule has 0 aliphatic rings. The summed E-state index contributed by atoms with van der Waals surface area (Å²) < 4.78 is 26.8. The molecule has 0 radical (unpaired) electrons. The number of hydrogen-bond donors (Lipinski definition) is 2. The predicted molar refractivity (Wildman–Crippen MR) is 110 cm³/mol. The van der Waals surface area contributed by atoms with Crippen LogP contribution >= 0.6 is 0 Å². The van der Waals surface area contributed by atoms with Crippen LogP contribution in [0.2, 0.25) is 0 Å². The molecule has 0 bridgehead atoms. The summed E-state index contributed by atoms with van der Waals surface area (Å²) in [5, 5.41) is 2.84. The largest absolute Gasteiger partial charge is 0.372 e. The molecule has 0 atom stereocenters. The van der Waals surface area contributed by atoms with Crippen molar-refractivity contribution in [3.8, 4) is 0 Å². The molecule has 0 heterocycles. The van der Waals surface area contributed by atoms with E-state index in [1.54, 1.807) is 19.9 Å². The van der Waals surface area contributed by atoms with Gasteiger partial charge in [-0.05, 0) is 62.7 Å². The van der Waals surface area contributed by atoms with Gasteiger partial charge in [-0.3, -0.25) is 4.79 Å². The fourth-order valence-electron chi connectivity index (χ4n) is 2.83. The maximum Gasteiger partial charge on any atom is 0.255 e. The first kappa shape index (κ1) is 20.9. The molecule has 2 aromatic carbocycles. The predicted octanol–water partition coefficient (Wildman–Crippen LogP) is 3.39. The molecule has 0 aliphatic heterocycles. The van der Waals surface area contributed by atoms with Gasteiger partial charge in [-0.1, -0.05) is 13.0 Å². The van der Waals surface area contributed by atoms with Crippen molar-refractivity contribution >= 4 is 27.3 Å². The zero-order chi connectivity index (χ0) is 20.0. The number of rotatable bonds is 8. The molecule has 7 heteroatoms. The summed E-state index contributed by atoms with van der Waals surface area (Å²) in [7, 11) is -3.61. The first-order valence-corrected chi connectivity index (χ1v) is 10.6. The number of sulfonamides is 1. The Hall–Kier alpha value is -2.38. The Kier molecular flexibility index (Phi) is 6.98. The van der Waals surface area contributed by atoms with Crippen molar-refractivity contribution in [3.05, 3.63) is 53.6 Å². The minimum atomic E-state index is -3.61. The van der Waals surface area contributed by atoms with Crippen LogP contribution in [0.25, 0.3) is 0 Å². The molecule has 27 heavy (non-hydrogen) atoms. The second-order valence-electron chi connectivity index (χ2n) is 6.15. The van der Waals surface area contributed by atoms with E-state index in [1.807, 2.05) is 24.3 Å². The van der Waals surface area contributed by atoms with E-state index in [0.29, 0.717) is 16.8 Å². The molecule has 0 saturated heterocycles. The molecule has 2 aromatic rings. The average Bonchev–Trinajstić information content (AvgIpc) is 2.64. The summed E-state index contributed by atoms with van der Waals surface area (Å²) in [6.07, 6.45) is 0. The zero-order valence-corrected chi connectivity index (χ0v) is 17.1. The molecule has 0 aromatic heterocycles. The number of nitrogens with one attached hydrogen (secondary N) is 2. The van der Waals surface area contributed by atoms with E-state index >= 15 is 0 Å². The van der Waals surface area contributed by atoms with E-state index in [4.69, 9.17) is 0 Å². The van der Waals surface area contributed by atoms with Crippen LogP contribution in [-0.4, -0.2) is 34.0 Å². The summed E-state index contributed by atoms with van der Waals surface area (Å²) in [5.41, 5.74) is 2.80. The van der Waals surface area contributed by atoms with Gasteiger partial charge >= 0.3 is 0 Å². The van der Waals surface area contributed by atoms with Gasteiger partial charge in [-0.25, -0.2) is 13.1 Å². The van der Waals surface area contributed by atoms with E-state index in [0.717, 1.165) is 18.8 Å². The monoisotopic (exact) mass is 389 g/mol. The highest BCUT2D eigenvalue weighted by Crippen LogP contribution is 2.20. The summed E-state index contributed by atoms with van der Waals surface area (Å²) >= 11 is 0. The topological polar surface area (TPSA) is 78.5 Å². The van der Waals surface area contributed by atoms with E-state index in [9.17, 15) is 13.2 Å². The minimum absolute atomic E-state index is 0.0805. The van der Waals surface area contributed by atoms with Crippen LogP contribution in [0.5, 0.6) is 0 Å². The Morgan fingerprint density at radius 3 is 2.19 bits per heavy atom. The standard InChI is InChI=1S/C20H27N3O3S/c1-5-21-27(25,26)18-13-8-15(4)19(14-18)20(24)22-16-9-11-17(12-10-16)23(6-2)7-3/h8-14,21H,5-7H2,1-4H3,(H,22,24). The molecule has 6 nitrogen and oxygen atoms in total. The SMILES string of the molecule is CCNS(=O)(=O)c1ccc(C)c(C(=O)Nc2ccc(N(CC)CC)cc2)c1. The molecule has 0 saturated carbocycles. The molecule has 1 amide bonds. The van der Waals surface area contributed by atoms with Crippen molar-refractivity contribution in [3.63, 3.8) is 0 Å². The number of nitrogens with zero attached hydrogens (tertiary/aromatic N) is 1. The van der Waals surface area contributed by atoms with Crippen molar-refractivity contribution in [2.24, 2.45) is 0 Å². The number of benzene rings is 2. The molecule has 2 rings (SSSR count). The number of carbonyl (C=O) groups excluding carboxylic acids is 1. The van der Waals surface area contributed by atoms with Crippen LogP contribution in [-0.2, 0) is 10.0 Å². The van der Waals surface area contributed by atoms with Crippen molar-refractivity contribution < 1.29 is 13.2 Å². The lowest BCUT2D eigenvalue weighted by Gasteiger charge is -2.21. The highest BCUT2D eigenvalue weighted by molar-refractivity contribution is 7.89. The Bertz CT molecular complexity index is 889. The van der Waals surface area contributed by atoms with Crippen molar-refractivity contribution in [1.29, 1.82) is 0 Å². The molecular formula is C20H27N3O3S. The maximum absolute atomic E-state index is 12.7. The fraction of sp³-hybridized carbons (Fsp3) is 0.350. The van der Waals surface area contributed by atoms with Gasteiger partial charge in [0, 0.05) is 36.6 Å². The molecule has 0 aliphatic carbocycles. The molecule has 146 valence electrons. The lowest BCUT2D eigenvalue weighted by atomic mass is 10.1. The smallest absolute Gasteiger partial charge is 0.255 e. The summed E-state index contributed by atoms with van der Waals surface area (Å²) in [4.78, 5) is 15.0. The van der Waals surface area contributed by atoms with Crippen LogP contribution in [0, 0.1) is 6.92 Å². The van der Waals surface area contributed by atoms with Gasteiger partial charge in [-0.15, -0.1) is 0 Å². The maximum atomic E-state index is 12.7. The third kappa shape index (κ3) is 5.08.